The second kappa shape index (κ2) is 4.75. The Balaban J connectivity index is 1.91. The minimum atomic E-state index is 0.185. The first-order valence-electron chi connectivity index (χ1n) is 4.97. The molecule has 1 aliphatic rings. The second-order valence-electron chi connectivity index (χ2n) is 3.78. The zero-order valence-corrected chi connectivity index (χ0v) is 10.5. The second-order valence-corrected chi connectivity index (χ2v) is 5.64. The van der Waals surface area contributed by atoms with Crippen LogP contribution in [0.4, 0.5) is 0 Å². The van der Waals surface area contributed by atoms with E-state index in [1.54, 1.807) is 11.3 Å². The van der Waals surface area contributed by atoms with Gasteiger partial charge in [-0.15, -0.1) is 11.3 Å². The lowest BCUT2D eigenvalue weighted by molar-refractivity contribution is 0.317. The Kier molecular flexibility index (Phi) is 3.60. The summed E-state index contributed by atoms with van der Waals surface area (Å²) in [5.41, 5.74) is 6.14. The molecule has 0 aromatic carbocycles. The highest BCUT2D eigenvalue weighted by Crippen LogP contribution is 2.25. The summed E-state index contributed by atoms with van der Waals surface area (Å²) < 4.78 is 1.15. The van der Waals surface area contributed by atoms with Crippen LogP contribution in [0.3, 0.4) is 0 Å². The molecule has 1 aliphatic heterocycles. The van der Waals surface area contributed by atoms with Gasteiger partial charge in [0.25, 0.3) is 0 Å². The quantitative estimate of drug-likeness (QED) is 0.918. The Morgan fingerprint density at radius 2 is 2.21 bits per heavy atom. The van der Waals surface area contributed by atoms with E-state index < -0.39 is 0 Å². The van der Waals surface area contributed by atoms with Crippen LogP contribution < -0.4 is 5.73 Å². The minimum absolute atomic E-state index is 0.185. The third-order valence-corrected chi connectivity index (χ3v) is 4.43. The lowest BCUT2D eigenvalue weighted by Crippen LogP contribution is -2.29. The number of likely N-dealkylation sites (tertiary alicyclic amines) is 1. The lowest BCUT2D eigenvalue weighted by atomic mass is 10.2. The van der Waals surface area contributed by atoms with Gasteiger partial charge in [-0.25, -0.2) is 0 Å². The van der Waals surface area contributed by atoms with Crippen molar-refractivity contribution < 1.29 is 0 Å². The summed E-state index contributed by atoms with van der Waals surface area (Å²) >= 11 is 5.20. The van der Waals surface area contributed by atoms with Gasteiger partial charge in [0.1, 0.15) is 0 Å². The highest BCUT2D eigenvalue weighted by Gasteiger charge is 2.16. The number of hydrogen-bond acceptors (Lipinski definition) is 3. The fraction of sp³-hybridized carbons (Fsp3) is 0.600. The SMILES string of the molecule is NC(CN1CCCC1)c1cc(Br)cs1. The molecule has 0 amide bonds. The summed E-state index contributed by atoms with van der Waals surface area (Å²) in [6, 6.07) is 2.31. The molecule has 78 valence electrons. The average molecular weight is 275 g/mol. The number of hydrogen-bond donors (Lipinski definition) is 1. The Hall–Kier alpha value is 0.1000. The maximum absolute atomic E-state index is 6.14. The van der Waals surface area contributed by atoms with Crippen molar-refractivity contribution in [2.45, 2.75) is 18.9 Å². The van der Waals surface area contributed by atoms with E-state index in [1.165, 1.54) is 30.8 Å². The maximum atomic E-state index is 6.14. The zero-order chi connectivity index (χ0) is 9.97. The van der Waals surface area contributed by atoms with Gasteiger partial charge in [-0.05, 0) is 47.9 Å². The van der Waals surface area contributed by atoms with Gasteiger partial charge in [-0.1, -0.05) is 0 Å². The highest BCUT2D eigenvalue weighted by atomic mass is 79.9. The van der Waals surface area contributed by atoms with Crippen molar-refractivity contribution in [3.63, 3.8) is 0 Å². The van der Waals surface area contributed by atoms with Crippen molar-refractivity contribution in [2.24, 2.45) is 5.73 Å². The summed E-state index contributed by atoms with van der Waals surface area (Å²) in [4.78, 5) is 3.74. The minimum Gasteiger partial charge on any atom is -0.322 e. The van der Waals surface area contributed by atoms with Crippen LogP contribution >= 0.6 is 27.3 Å². The maximum Gasteiger partial charge on any atom is 0.0519 e. The van der Waals surface area contributed by atoms with Crippen molar-refractivity contribution in [1.29, 1.82) is 0 Å². The van der Waals surface area contributed by atoms with E-state index in [0.717, 1.165) is 11.0 Å². The predicted molar refractivity (Wildman–Crippen MR) is 64.6 cm³/mol. The molecule has 0 radical (unpaired) electrons. The largest absolute Gasteiger partial charge is 0.322 e. The smallest absolute Gasteiger partial charge is 0.0519 e. The van der Waals surface area contributed by atoms with Crippen molar-refractivity contribution in [1.82, 2.24) is 4.90 Å². The van der Waals surface area contributed by atoms with E-state index in [4.69, 9.17) is 5.73 Å². The summed E-state index contributed by atoms with van der Waals surface area (Å²) in [6.07, 6.45) is 2.67. The van der Waals surface area contributed by atoms with Crippen molar-refractivity contribution >= 4 is 27.3 Å². The fourth-order valence-electron chi connectivity index (χ4n) is 1.86. The Bertz CT molecular complexity index is 294. The van der Waals surface area contributed by atoms with Crippen LogP contribution in [0.15, 0.2) is 15.9 Å². The van der Waals surface area contributed by atoms with Crippen LogP contribution in [0.5, 0.6) is 0 Å². The molecule has 0 saturated carbocycles. The van der Waals surface area contributed by atoms with Crippen molar-refractivity contribution in [2.75, 3.05) is 19.6 Å². The number of rotatable bonds is 3. The number of nitrogens with two attached hydrogens (primary N) is 1. The van der Waals surface area contributed by atoms with Crippen molar-refractivity contribution in [3.8, 4) is 0 Å². The zero-order valence-electron chi connectivity index (χ0n) is 8.08. The normalized spacial score (nSPS) is 20.1. The third-order valence-electron chi connectivity index (χ3n) is 2.61. The number of halogens is 1. The van der Waals surface area contributed by atoms with Crippen LogP contribution in [0, 0.1) is 0 Å². The summed E-state index contributed by atoms with van der Waals surface area (Å²) in [7, 11) is 0. The van der Waals surface area contributed by atoms with E-state index in [-0.39, 0.29) is 6.04 Å². The molecule has 2 nitrogen and oxygen atoms in total. The molecule has 2 rings (SSSR count). The van der Waals surface area contributed by atoms with Crippen LogP contribution in [-0.4, -0.2) is 24.5 Å². The molecule has 4 heteroatoms. The molecule has 0 spiro atoms. The molecule has 0 aliphatic carbocycles. The molecule has 1 unspecified atom stereocenters. The molecular formula is C10H15BrN2S. The summed E-state index contributed by atoms with van der Waals surface area (Å²) in [6.45, 7) is 3.45. The average Bonchev–Trinajstić information content (AvgIpc) is 2.75. The molecule has 2 N–H and O–H groups in total. The molecule has 1 aromatic rings. The van der Waals surface area contributed by atoms with E-state index in [2.05, 4.69) is 32.3 Å². The Morgan fingerprint density at radius 3 is 2.79 bits per heavy atom. The first-order chi connectivity index (χ1) is 6.75. The summed E-state index contributed by atoms with van der Waals surface area (Å²) in [5, 5.41) is 2.10. The molecular weight excluding hydrogens is 260 g/mol. The fourth-order valence-corrected chi connectivity index (χ4v) is 3.30. The van der Waals surface area contributed by atoms with E-state index >= 15 is 0 Å². The Morgan fingerprint density at radius 1 is 1.50 bits per heavy atom. The van der Waals surface area contributed by atoms with Gasteiger partial charge < -0.3 is 10.6 Å². The van der Waals surface area contributed by atoms with E-state index in [0.29, 0.717) is 0 Å². The predicted octanol–water partition coefficient (Wildman–Crippen LogP) is 2.61. The lowest BCUT2D eigenvalue weighted by Gasteiger charge is -2.18. The van der Waals surface area contributed by atoms with E-state index in [1.807, 2.05) is 0 Å². The van der Waals surface area contributed by atoms with Crippen molar-refractivity contribution in [3.05, 3.63) is 20.8 Å². The van der Waals surface area contributed by atoms with E-state index in [9.17, 15) is 0 Å². The monoisotopic (exact) mass is 274 g/mol. The summed E-state index contributed by atoms with van der Waals surface area (Å²) in [5.74, 6) is 0. The van der Waals surface area contributed by atoms with Gasteiger partial charge in [0.15, 0.2) is 0 Å². The van der Waals surface area contributed by atoms with Crippen LogP contribution in [0.25, 0.3) is 0 Å². The number of nitrogens with zero attached hydrogens (tertiary/aromatic N) is 1. The van der Waals surface area contributed by atoms with Gasteiger partial charge in [-0.3, -0.25) is 0 Å². The first kappa shape index (κ1) is 10.6. The van der Waals surface area contributed by atoms with Crippen LogP contribution in [-0.2, 0) is 0 Å². The molecule has 0 bridgehead atoms. The van der Waals surface area contributed by atoms with Gasteiger partial charge in [0.2, 0.25) is 0 Å². The molecule has 1 saturated heterocycles. The van der Waals surface area contributed by atoms with Gasteiger partial charge in [0.05, 0.1) is 6.04 Å². The molecule has 14 heavy (non-hydrogen) atoms. The van der Waals surface area contributed by atoms with Gasteiger partial charge >= 0.3 is 0 Å². The van der Waals surface area contributed by atoms with Gasteiger partial charge in [-0.2, -0.15) is 0 Å². The molecule has 2 heterocycles. The Labute approximate surface area is 97.2 Å². The van der Waals surface area contributed by atoms with Gasteiger partial charge in [0, 0.05) is 21.3 Å². The molecule has 1 aromatic heterocycles. The van der Waals surface area contributed by atoms with Crippen LogP contribution in [0.1, 0.15) is 23.8 Å². The third kappa shape index (κ3) is 2.57. The number of thiophene rings is 1. The highest BCUT2D eigenvalue weighted by molar-refractivity contribution is 9.10. The molecule has 1 fully saturated rings. The van der Waals surface area contributed by atoms with Crippen LogP contribution in [0.2, 0.25) is 0 Å². The standard InChI is InChI=1S/C10H15BrN2S/c11-8-5-10(14-7-8)9(12)6-13-3-1-2-4-13/h5,7,9H,1-4,6,12H2. The first-order valence-corrected chi connectivity index (χ1v) is 6.65. The topological polar surface area (TPSA) is 29.3 Å². The molecule has 1 atom stereocenters.